The van der Waals surface area contributed by atoms with Gasteiger partial charge >= 0.3 is 0 Å². The Labute approximate surface area is 849 Å². The van der Waals surface area contributed by atoms with Crippen molar-refractivity contribution in [3.63, 3.8) is 0 Å². The summed E-state index contributed by atoms with van der Waals surface area (Å²) in [5.41, 5.74) is 14.4. The standard InChI is InChI=1S/C31H32N2O6.C28H27ClFNO6.C28H24N2O4S.C27H25F2NO5/c1-18-6-5-7-20-21(16-32-28(18)20)29-30-22(31(2,3)17-39-30)15-23(33-29)25(36)10-9-24(35)19-8-11-26(38-13-12-34)27(14-19)37-4;1-28(2)15-37-27-18(28)14-21(31-26(27)17-4-6-20(30)19(29)12-17)23(34)8-7-22(33)16-5-9-24(36-11-10-32)25(13-16)35-3;1-17-7-6-8-19-20(16-35-27(17)19)26-21-9-4-5-14-30(21)28(29-26)23(32)12-11-22(31)18-10-13-24(33-2)25(15-18)34-3;1-16-13-18(3-5-20(16)29)26-27-19(9-11-35-27)14-21(30-26)23(32)7-6-22(31)17-4-8-24(34-12-10-28)25(15-17)33-2/h5-8,11,14-16,32,34H,9-10,12-13,17H2,1-4H3;4-6,9,12-14,32H,7-8,10-11,15H2,1-3H3;4-10,13-16H,11-12H2,1-3H3;3-5,8,13-15H,6-7,9-12H2,1-2H3. The number of carbonyl (C=O) groups excluding carboxylic acids is 8. The monoisotopic (exact) mass is 2020 g/mol. The van der Waals surface area contributed by atoms with Gasteiger partial charge in [-0.3, -0.25) is 42.8 Å². The summed E-state index contributed by atoms with van der Waals surface area (Å²) in [6, 6.07) is 51.4. The molecule has 0 fully saturated rings. The largest absolute Gasteiger partial charge is 0.493 e. The number of aryl methyl sites for hydroxylation is 3. The van der Waals surface area contributed by atoms with E-state index in [1.54, 1.807) is 116 Å². The fourth-order valence-electron chi connectivity index (χ4n) is 17.3. The van der Waals surface area contributed by atoms with Gasteiger partial charge in [0.05, 0.1) is 84.8 Å². The molecule has 15 aromatic rings. The summed E-state index contributed by atoms with van der Waals surface area (Å²) in [5.74, 6) is 2.79. The first kappa shape index (κ1) is 105. The number of aliphatic hydroxyl groups excluding tert-OH is 2. The number of imidazole rings is 1. The molecule has 0 bridgehead atoms. The number of aromatic nitrogens is 6. The van der Waals surface area contributed by atoms with E-state index in [0.29, 0.717) is 157 Å². The normalized spacial score (nSPS) is 12.7. The number of nitrogens with one attached hydrogen (secondary N) is 1. The number of halogens is 4. The first-order valence-electron chi connectivity index (χ1n) is 47.2. The highest BCUT2D eigenvalue weighted by molar-refractivity contribution is 7.18. The van der Waals surface area contributed by atoms with E-state index in [2.05, 4.69) is 53.2 Å². The van der Waals surface area contributed by atoms with E-state index < -0.39 is 12.5 Å². The molecule has 3 N–H and O–H groups in total. The molecule has 0 unspecified atom stereocenters. The van der Waals surface area contributed by atoms with Crippen molar-refractivity contribution in [3.8, 4) is 108 Å². The highest BCUT2D eigenvalue weighted by Gasteiger charge is 2.39. The number of pyridine rings is 4. The zero-order valence-corrected chi connectivity index (χ0v) is 84.2. The third kappa shape index (κ3) is 23.3. The molecule has 0 radical (unpaired) electrons. The number of ketones is 8. The lowest BCUT2D eigenvalue weighted by Crippen LogP contribution is -2.19. The number of aliphatic hydroxyl groups is 2. The number of thiophene rings is 1. The Balaban J connectivity index is 0.000000146. The van der Waals surface area contributed by atoms with Crippen LogP contribution in [0, 0.1) is 32.4 Å². The molecular formula is C114H108ClF3N6O21S. The summed E-state index contributed by atoms with van der Waals surface area (Å²) in [4.78, 5) is 126. The van der Waals surface area contributed by atoms with Crippen molar-refractivity contribution < 1.29 is 114 Å². The van der Waals surface area contributed by atoms with E-state index in [1.165, 1.54) is 69.0 Å². The number of Topliss-reactive ketones (excluding diaryl/α,β-unsaturated/α-hetero) is 8. The average molecular weight is 2020 g/mol. The van der Waals surface area contributed by atoms with Crippen LogP contribution >= 0.6 is 22.9 Å². The van der Waals surface area contributed by atoms with Gasteiger partial charge in [0.1, 0.15) is 89.5 Å². The maximum atomic E-state index is 13.8. The Morgan fingerprint density at radius 1 is 0.438 bits per heavy atom. The number of methoxy groups -OCH3 is 5. The van der Waals surface area contributed by atoms with Crippen molar-refractivity contribution in [2.24, 2.45) is 0 Å². The second kappa shape index (κ2) is 46.5. The molecule has 32 heteroatoms. The van der Waals surface area contributed by atoms with Gasteiger partial charge in [0.25, 0.3) is 0 Å². The van der Waals surface area contributed by atoms with Gasteiger partial charge in [-0.15, -0.1) is 11.3 Å². The summed E-state index contributed by atoms with van der Waals surface area (Å²) >= 11 is 7.68. The SMILES string of the molecule is COc1cc(C(=O)CCC(=O)c2cc3c(c(-c4c[nH]c5c(C)cccc45)n2)OCC3(C)C)ccc1OCCO.COc1cc(C(=O)CCC(=O)c2cc3c(c(-c4ccc(F)c(C)c4)n2)OCC3)ccc1OCCF.COc1cc(C(=O)CCC(=O)c2cc3c(c(-c4ccc(F)c(Cl)c4)n2)OCC3(C)C)ccc1OCCO.COc1ccc(C(=O)CCC(=O)c2nc(-c3csc4c(C)cccc34)c3ccccn23)cc1OC. The van der Waals surface area contributed by atoms with Crippen LogP contribution in [0.5, 0.6) is 63.2 Å². The number of aromatic amines is 1. The molecule has 146 heavy (non-hydrogen) atoms. The predicted octanol–water partition coefficient (Wildman–Crippen LogP) is 22.6. The van der Waals surface area contributed by atoms with Gasteiger partial charge in [-0.05, 0) is 177 Å². The van der Waals surface area contributed by atoms with Crippen LogP contribution in [0.3, 0.4) is 0 Å². The molecule has 754 valence electrons. The molecule has 7 aromatic heterocycles. The zero-order valence-electron chi connectivity index (χ0n) is 82.6. The molecule has 0 saturated heterocycles. The van der Waals surface area contributed by atoms with Crippen molar-refractivity contribution in [1.29, 1.82) is 0 Å². The van der Waals surface area contributed by atoms with Crippen molar-refractivity contribution >= 4 is 95.7 Å². The second-order valence-corrected chi connectivity index (χ2v) is 37.4. The first-order chi connectivity index (χ1) is 70.3. The van der Waals surface area contributed by atoms with E-state index in [1.807, 2.05) is 86.1 Å². The number of benzene rings is 8. The first-order valence-corrected chi connectivity index (χ1v) is 48.5. The van der Waals surface area contributed by atoms with Crippen LogP contribution in [0.2, 0.25) is 5.02 Å². The predicted molar refractivity (Wildman–Crippen MR) is 549 cm³/mol. The number of nitrogens with zero attached hydrogens (tertiary/aromatic N) is 5. The molecule has 27 nitrogen and oxygen atoms in total. The minimum absolute atomic E-state index is 0.0173. The summed E-state index contributed by atoms with van der Waals surface area (Å²) in [6.07, 6.45) is 4.43. The average Bonchev–Trinajstić information content (AvgIpc) is 1.61. The summed E-state index contributed by atoms with van der Waals surface area (Å²) in [6.45, 7) is 14.5. The van der Waals surface area contributed by atoms with Gasteiger partial charge in [-0.1, -0.05) is 81.8 Å². The Hall–Kier alpha value is -15.4. The number of fused-ring (bicyclic) bond motifs is 6. The number of carbonyl (C=O) groups is 8. The molecule has 0 atom stereocenters. The van der Waals surface area contributed by atoms with Crippen LogP contribution in [0.15, 0.2) is 200 Å². The molecule has 0 amide bonds. The van der Waals surface area contributed by atoms with Crippen molar-refractivity contribution in [2.45, 2.75) is 117 Å². The number of H-pyrrole nitrogens is 1. The van der Waals surface area contributed by atoms with E-state index in [4.69, 9.17) is 83.9 Å². The lowest BCUT2D eigenvalue weighted by molar-refractivity contribution is 0.0911. The number of para-hydroxylation sites is 1. The molecule has 18 rings (SSSR count). The van der Waals surface area contributed by atoms with E-state index in [9.17, 15) is 51.5 Å². The maximum absolute atomic E-state index is 13.8. The quantitative estimate of drug-likeness (QED) is 0.0303. The van der Waals surface area contributed by atoms with Gasteiger partial charge in [0.15, 0.2) is 98.1 Å². The number of hydrogen-bond acceptors (Lipinski definition) is 26. The topological polar surface area (TPSA) is 350 Å². The van der Waals surface area contributed by atoms with Crippen molar-refractivity contribution in [3.05, 3.63) is 295 Å². The zero-order chi connectivity index (χ0) is 104. The van der Waals surface area contributed by atoms with Gasteiger partial charge in [-0.2, -0.15) is 0 Å². The number of ether oxygens (including phenoxy) is 11. The number of rotatable bonds is 38. The lowest BCUT2D eigenvalue weighted by atomic mass is 9.85. The molecular weight excluding hydrogens is 1910 g/mol. The van der Waals surface area contributed by atoms with E-state index >= 15 is 0 Å². The van der Waals surface area contributed by atoms with Crippen LogP contribution < -0.4 is 52.1 Å². The Morgan fingerprint density at radius 3 is 1.40 bits per heavy atom. The number of alkyl halides is 1. The lowest BCUT2D eigenvalue weighted by Gasteiger charge is -2.16. The minimum atomic E-state index is -0.642. The summed E-state index contributed by atoms with van der Waals surface area (Å²) in [5, 5.41) is 22.1. The fraction of sp³-hybridized carbons (Fsp3) is 0.281. The van der Waals surface area contributed by atoms with Crippen molar-refractivity contribution in [2.75, 3.05) is 95.1 Å². The molecule has 3 aliphatic rings. The molecule has 0 saturated carbocycles. The molecule has 0 spiro atoms. The highest BCUT2D eigenvalue weighted by atomic mass is 35.5. The second-order valence-electron chi connectivity index (χ2n) is 36.1. The Bertz CT molecular complexity index is 7540. The van der Waals surface area contributed by atoms with E-state index in [0.717, 1.165) is 60.9 Å². The molecule has 10 heterocycles. The fourth-order valence-corrected chi connectivity index (χ4v) is 18.5. The smallest absolute Gasteiger partial charge is 0.199 e. The van der Waals surface area contributed by atoms with Crippen LogP contribution in [0.4, 0.5) is 13.2 Å². The Kier molecular flexibility index (Phi) is 33.4. The highest BCUT2D eigenvalue weighted by Crippen LogP contribution is 2.49. The van der Waals surface area contributed by atoms with Crippen LogP contribution in [0.1, 0.15) is 196 Å². The third-order valence-corrected chi connectivity index (χ3v) is 26.7. The van der Waals surface area contributed by atoms with E-state index in [-0.39, 0.29) is 164 Å². The van der Waals surface area contributed by atoms with Gasteiger partial charge < -0.3 is 67.3 Å². The van der Waals surface area contributed by atoms with Crippen molar-refractivity contribution in [1.82, 2.24) is 29.3 Å². The summed E-state index contributed by atoms with van der Waals surface area (Å²) in [7, 11) is 7.43. The van der Waals surface area contributed by atoms with Crippen LogP contribution in [0.25, 0.3) is 71.5 Å². The minimum Gasteiger partial charge on any atom is -0.493 e. The Morgan fingerprint density at radius 2 is 0.890 bits per heavy atom. The number of hydrogen-bond donors (Lipinski definition) is 3. The summed E-state index contributed by atoms with van der Waals surface area (Å²) < 4.78 is 103. The molecule has 8 aromatic carbocycles. The van der Waals surface area contributed by atoms with Gasteiger partial charge in [0, 0.05) is 169 Å². The molecule has 0 aliphatic carbocycles. The molecule has 3 aliphatic heterocycles. The maximum Gasteiger partial charge on any atom is 0.199 e. The third-order valence-electron chi connectivity index (χ3n) is 25.2. The van der Waals surface area contributed by atoms with Gasteiger partial charge in [0.2, 0.25) is 0 Å². The van der Waals surface area contributed by atoms with Crippen LogP contribution in [-0.2, 0) is 17.3 Å². The van der Waals surface area contributed by atoms with Crippen LogP contribution in [-0.4, -0.2) is 181 Å². The van der Waals surface area contributed by atoms with Gasteiger partial charge in [-0.25, -0.2) is 33.1 Å².